The average molecular weight is 395 g/mol. The van der Waals surface area contributed by atoms with Crippen molar-refractivity contribution in [3.8, 4) is 11.8 Å². The molecule has 0 amide bonds. The van der Waals surface area contributed by atoms with Crippen LogP contribution in [0, 0.1) is 18.3 Å². The third-order valence-corrected chi connectivity index (χ3v) is 4.21. The summed E-state index contributed by atoms with van der Waals surface area (Å²) in [5.41, 5.74) is 3.92. The summed E-state index contributed by atoms with van der Waals surface area (Å²) in [5.74, 6) is 1.60. The molecule has 0 atom stereocenters. The number of rotatable bonds is 10. The van der Waals surface area contributed by atoms with Crippen LogP contribution in [0.4, 0.5) is 0 Å². The summed E-state index contributed by atoms with van der Waals surface area (Å²) in [6, 6.07) is 15.8. The van der Waals surface area contributed by atoms with E-state index < -0.39 is 0 Å². The molecule has 2 N–H and O–H groups in total. The Balaban J connectivity index is 2.00. The van der Waals surface area contributed by atoms with E-state index in [9.17, 15) is 0 Å². The van der Waals surface area contributed by atoms with E-state index in [0.717, 1.165) is 34.9 Å². The first-order chi connectivity index (χ1) is 14.2. The predicted molar refractivity (Wildman–Crippen MR) is 116 cm³/mol. The van der Waals surface area contributed by atoms with Crippen molar-refractivity contribution in [1.29, 1.82) is 5.26 Å². The molecular weight excluding hydrogens is 364 g/mol. The molecule has 6 heteroatoms. The molecule has 0 spiro atoms. The Morgan fingerprint density at radius 2 is 1.86 bits per heavy atom. The highest BCUT2D eigenvalue weighted by atomic mass is 16.5. The standard InChI is InChI=1S/C23H30N4O2/c1-4-25-23(26-16-20-9-7-19(15-24)8-10-20)27-17-21-11-6-18(3)14-22(21)29-13-12-28-5-2/h6-11,14H,4-5,12-13,16-17H2,1-3H3,(H2,25,26,27). The Morgan fingerprint density at radius 1 is 1.07 bits per heavy atom. The SMILES string of the molecule is CCNC(=NCc1ccc(C#N)cc1)NCc1ccc(C)cc1OCCOCC. The molecule has 0 radical (unpaired) electrons. The quantitative estimate of drug-likeness (QED) is 0.366. The number of nitrogens with zero attached hydrogens (tertiary/aromatic N) is 2. The Bertz CT molecular complexity index is 826. The second-order valence-corrected chi connectivity index (χ2v) is 6.51. The minimum absolute atomic E-state index is 0.525. The molecule has 0 saturated heterocycles. The number of hydrogen-bond donors (Lipinski definition) is 2. The van der Waals surface area contributed by atoms with Crippen LogP contribution in [0.1, 0.15) is 36.1 Å². The van der Waals surface area contributed by atoms with Gasteiger partial charge in [-0.2, -0.15) is 5.26 Å². The lowest BCUT2D eigenvalue weighted by Gasteiger charge is -2.15. The van der Waals surface area contributed by atoms with E-state index in [1.54, 1.807) is 0 Å². The first-order valence-electron chi connectivity index (χ1n) is 9.97. The molecule has 0 aromatic heterocycles. The Hall–Kier alpha value is -3.04. The van der Waals surface area contributed by atoms with Crippen LogP contribution in [-0.2, 0) is 17.8 Å². The predicted octanol–water partition coefficient (Wildman–Crippen LogP) is 3.54. The number of ether oxygens (including phenoxy) is 2. The lowest BCUT2D eigenvalue weighted by Crippen LogP contribution is -2.36. The van der Waals surface area contributed by atoms with Crippen molar-refractivity contribution in [3.63, 3.8) is 0 Å². The van der Waals surface area contributed by atoms with Gasteiger partial charge in [-0.1, -0.05) is 24.3 Å². The Kier molecular flexibility index (Phi) is 9.53. The molecule has 0 saturated carbocycles. The highest BCUT2D eigenvalue weighted by Gasteiger charge is 2.06. The fourth-order valence-corrected chi connectivity index (χ4v) is 2.67. The Morgan fingerprint density at radius 3 is 2.55 bits per heavy atom. The summed E-state index contributed by atoms with van der Waals surface area (Å²) < 4.78 is 11.3. The molecule has 6 nitrogen and oxygen atoms in total. The summed E-state index contributed by atoms with van der Waals surface area (Å²) in [6.45, 7) is 9.75. The summed E-state index contributed by atoms with van der Waals surface area (Å²) >= 11 is 0. The number of aryl methyl sites for hydroxylation is 1. The second kappa shape index (κ2) is 12.4. The zero-order valence-corrected chi connectivity index (χ0v) is 17.5. The van der Waals surface area contributed by atoms with Crippen LogP contribution in [0.15, 0.2) is 47.5 Å². The number of benzene rings is 2. The van der Waals surface area contributed by atoms with Gasteiger partial charge < -0.3 is 20.1 Å². The number of nitriles is 1. The van der Waals surface area contributed by atoms with Crippen LogP contribution < -0.4 is 15.4 Å². The topological polar surface area (TPSA) is 78.7 Å². The molecule has 0 unspecified atom stereocenters. The third kappa shape index (κ3) is 7.84. The van der Waals surface area contributed by atoms with Gasteiger partial charge in [0, 0.05) is 25.3 Å². The maximum absolute atomic E-state index is 8.90. The van der Waals surface area contributed by atoms with Crippen molar-refractivity contribution in [2.24, 2.45) is 4.99 Å². The number of hydrogen-bond acceptors (Lipinski definition) is 4. The van der Waals surface area contributed by atoms with Gasteiger partial charge in [-0.05, 0) is 50.1 Å². The van der Waals surface area contributed by atoms with Crippen molar-refractivity contribution in [1.82, 2.24) is 10.6 Å². The van der Waals surface area contributed by atoms with E-state index in [-0.39, 0.29) is 0 Å². The molecule has 0 aliphatic carbocycles. The van der Waals surface area contributed by atoms with E-state index in [0.29, 0.717) is 38.5 Å². The number of nitrogens with one attached hydrogen (secondary N) is 2. The highest BCUT2D eigenvalue weighted by molar-refractivity contribution is 5.79. The van der Waals surface area contributed by atoms with Crippen LogP contribution in [-0.4, -0.2) is 32.3 Å². The molecule has 2 aromatic rings. The first-order valence-corrected chi connectivity index (χ1v) is 9.97. The van der Waals surface area contributed by atoms with E-state index in [4.69, 9.17) is 14.7 Å². The zero-order valence-electron chi connectivity index (χ0n) is 17.5. The summed E-state index contributed by atoms with van der Waals surface area (Å²) in [6.07, 6.45) is 0. The van der Waals surface area contributed by atoms with E-state index >= 15 is 0 Å². The first kappa shape index (κ1) is 22.3. The van der Waals surface area contributed by atoms with Gasteiger partial charge in [-0.3, -0.25) is 0 Å². The normalized spacial score (nSPS) is 11.0. The maximum Gasteiger partial charge on any atom is 0.191 e. The minimum atomic E-state index is 0.525. The van der Waals surface area contributed by atoms with Crippen molar-refractivity contribution in [3.05, 3.63) is 64.7 Å². The summed E-state index contributed by atoms with van der Waals surface area (Å²) in [7, 11) is 0. The van der Waals surface area contributed by atoms with E-state index in [2.05, 4.69) is 40.8 Å². The molecular formula is C23H30N4O2. The molecule has 0 bridgehead atoms. The second-order valence-electron chi connectivity index (χ2n) is 6.51. The van der Waals surface area contributed by atoms with Crippen molar-refractivity contribution in [2.45, 2.75) is 33.9 Å². The lowest BCUT2D eigenvalue weighted by molar-refractivity contribution is 0.110. The number of aliphatic imine (C=N–C) groups is 1. The van der Waals surface area contributed by atoms with Gasteiger partial charge in [0.05, 0.1) is 24.8 Å². The van der Waals surface area contributed by atoms with E-state index in [1.807, 2.05) is 44.2 Å². The monoisotopic (exact) mass is 394 g/mol. The molecule has 29 heavy (non-hydrogen) atoms. The average Bonchev–Trinajstić information content (AvgIpc) is 2.74. The zero-order chi connectivity index (χ0) is 20.9. The van der Waals surface area contributed by atoms with Gasteiger partial charge >= 0.3 is 0 Å². The molecule has 2 rings (SSSR count). The van der Waals surface area contributed by atoms with Crippen molar-refractivity contribution in [2.75, 3.05) is 26.4 Å². The van der Waals surface area contributed by atoms with Gasteiger partial charge in [0.1, 0.15) is 12.4 Å². The smallest absolute Gasteiger partial charge is 0.191 e. The lowest BCUT2D eigenvalue weighted by atomic mass is 10.1. The van der Waals surface area contributed by atoms with Crippen molar-refractivity contribution < 1.29 is 9.47 Å². The van der Waals surface area contributed by atoms with Crippen LogP contribution in [0.2, 0.25) is 0 Å². The molecule has 0 heterocycles. The maximum atomic E-state index is 8.90. The van der Waals surface area contributed by atoms with Crippen molar-refractivity contribution >= 4 is 5.96 Å². The van der Waals surface area contributed by atoms with Gasteiger partial charge in [0.2, 0.25) is 0 Å². The molecule has 154 valence electrons. The van der Waals surface area contributed by atoms with Crippen LogP contribution in [0.3, 0.4) is 0 Å². The summed E-state index contributed by atoms with van der Waals surface area (Å²) in [4.78, 5) is 4.64. The van der Waals surface area contributed by atoms with E-state index in [1.165, 1.54) is 0 Å². The van der Waals surface area contributed by atoms with Gasteiger partial charge in [-0.15, -0.1) is 0 Å². The molecule has 0 aliphatic heterocycles. The van der Waals surface area contributed by atoms with Crippen LogP contribution in [0.5, 0.6) is 5.75 Å². The highest BCUT2D eigenvalue weighted by Crippen LogP contribution is 2.20. The fourth-order valence-electron chi connectivity index (χ4n) is 2.67. The van der Waals surface area contributed by atoms with Crippen LogP contribution in [0.25, 0.3) is 0 Å². The summed E-state index contributed by atoms with van der Waals surface area (Å²) in [5, 5.41) is 15.5. The van der Waals surface area contributed by atoms with Crippen LogP contribution >= 0.6 is 0 Å². The molecule has 2 aromatic carbocycles. The largest absolute Gasteiger partial charge is 0.491 e. The van der Waals surface area contributed by atoms with Gasteiger partial charge in [0.25, 0.3) is 0 Å². The minimum Gasteiger partial charge on any atom is -0.491 e. The third-order valence-electron chi connectivity index (χ3n) is 4.21. The van der Waals surface area contributed by atoms with Gasteiger partial charge in [-0.25, -0.2) is 4.99 Å². The Labute approximate surface area is 173 Å². The number of guanidine groups is 1. The molecule has 0 fully saturated rings. The van der Waals surface area contributed by atoms with Gasteiger partial charge in [0.15, 0.2) is 5.96 Å². The fraction of sp³-hybridized carbons (Fsp3) is 0.391. The molecule has 0 aliphatic rings.